The minimum Gasteiger partial charge on any atom is -0.338 e. The number of hydrogen-bond donors (Lipinski definition) is 0. The molecule has 0 aromatic heterocycles. The van der Waals surface area contributed by atoms with Gasteiger partial charge in [-0.1, -0.05) is 12.1 Å². The van der Waals surface area contributed by atoms with Gasteiger partial charge >= 0.3 is 0 Å². The summed E-state index contributed by atoms with van der Waals surface area (Å²) in [6, 6.07) is 7.75. The minimum absolute atomic E-state index is 0.196. The van der Waals surface area contributed by atoms with Gasteiger partial charge in [-0.2, -0.15) is 0 Å². The number of nitrogens with zero attached hydrogens (tertiary/aromatic N) is 1. The van der Waals surface area contributed by atoms with Gasteiger partial charge < -0.3 is 4.90 Å². The second-order valence-corrected chi connectivity index (χ2v) is 6.43. The van der Waals surface area contributed by atoms with Crippen LogP contribution in [-0.4, -0.2) is 23.9 Å². The van der Waals surface area contributed by atoms with Crippen molar-refractivity contribution in [1.82, 2.24) is 4.90 Å². The maximum Gasteiger partial charge on any atom is 0.255 e. The van der Waals surface area contributed by atoms with Gasteiger partial charge in [0.2, 0.25) is 0 Å². The predicted molar refractivity (Wildman–Crippen MR) is 75.5 cm³/mol. The summed E-state index contributed by atoms with van der Waals surface area (Å²) in [4.78, 5) is 14.7. The first kappa shape index (κ1) is 12.2. The van der Waals surface area contributed by atoms with Crippen LogP contribution in [0.25, 0.3) is 0 Å². The number of amides is 1. The van der Waals surface area contributed by atoms with Crippen molar-refractivity contribution < 1.29 is 4.79 Å². The molecule has 2 aliphatic carbocycles. The average Bonchev–Trinajstić information content (AvgIpc) is 3.23. The van der Waals surface area contributed by atoms with Crippen molar-refractivity contribution in [2.45, 2.75) is 25.7 Å². The van der Waals surface area contributed by atoms with Crippen LogP contribution in [0.1, 0.15) is 36.0 Å². The highest BCUT2D eigenvalue weighted by atomic mass is 79.9. The number of hydrogen-bond acceptors (Lipinski definition) is 1. The summed E-state index contributed by atoms with van der Waals surface area (Å²) in [5, 5.41) is 0. The molecule has 0 bridgehead atoms. The molecule has 1 aromatic carbocycles. The molecule has 2 saturated carbocycles. The molecule has 0 aliphatic heterocycles. The quantitative estimate of drug-likeness (QED) is 0.812. The van der Waals surface area contributed by atoms with Gasteiger partial charge in [-0.05, 0) is 65.6 Å². The zero-order valence-corrected chi connectivity index (χ0v) is 12.0. The Bertz CT molecular complexity index is 438. The zero-order valence-electron chi connectivity index (χ0n) is 10.4. The summed E-state index contributed by atoms with van der Waals surface area (Å²) < 4.78 is 0.909. The third-order valence-electron chi connectivity index (χ3n) is 3.74. The SMILES string of the molecule is O=C(c1ccccc1Br)N(CC1CC1)CC1CC1. The van der Waals surface area contributed by atoms with Gasteiger partial charge in [0, 0.05) is 17.6 Å². The van der Waals surface area contributed by atoms with Crippen LogP contribution >= 0.6 is 15.9 Å². The van der Waals surface area contributed by atoms with Crippen molar-refractivity contribution >= 4 is 21.8 Å². The Morgan fingerprint density at radius 3 is 2.17 bits per heavy atom. The lowest BCUT2D eigenvalue weighted by molar-refractivity contribution is 0.0738. The molecule has 2 aliphatic rings. The Hall–Kier alpha value is -0.830. The Balaban J connectivity index is 1.75. The van der Waals surface area contributed by atoms with Crippen LogP contribution in [0.3, 0.4) is 0 Å². The highest BCUT2D eigenvalue weighted by Gasteiger charge is 2.32. The molecule has 3 rings (SSSR count). The maximum absolute atomic E-state index is 12.6. The summed E-state index contributed by atoms with van der Waals surface area (Å²) in [6.07, 6.45) is 5.18. The monoisotopic (exact) mass is 307 g/mol. The summed E-state index contributed by atoms with van der Waals surface area (Å²) in [5.74, 6) is 1.71. The van der Waals surface area contributed by atoms with Gasteiger partial charge in [-0.3, -0.25) is 4.79 Å². The lowest BCUT2D eigenvalue weighted by Gasteiger charge is -2.23. The molecule has 0 N–H and O–H groups in total. The molecule has 0 atom stereocenters. The van der Waals surface area contributed by atoms with Crippen molar-refractivity contribution in [3.05, 3.63) is 34.3 Å². The van der Waals surface area contributed by atoms with Crippen molar-refractivity contribution in [3.8, 4) is 0 Å². The van der Waals surface area contributed by atoms with Crippen LogP contribution in [-0.2, 0) is 0 Å². The molecular formula is C15H18BrNO. The zero-order chi connectivity index (χ0) is 12.5. The molecule has 1 amide bonds. The van der Waals surface area contributed by atoms with E-state index in [2.05, 4.69) is 20.8 Å². The molecule has 2 fully saturated rings. The lowest BCUT2D eigenvalue weighted by Crippen LogP contribution is -2.34. The maximum atomic E-state index is 12.6. The first-order valence-corrected chi connectivity index (χ1v) is 7.57. The molecular weight excluding hydrogens is 290 g/mol. The standard InChI is InChI=1S/C15H18BrNO/c16-14-4-2-1-3-13(14)15(18)17(9-11-5-6-11)10-12-7-8-12/h1-4,11-12H,5-10H2. The van der Waals surface area contributed by atoms with Crippen molar-refractivity contribution in [1.29, 1.82) is 0 Å². The van der Waals surface area contributed by atoms with Gasteiger partial charge in [0.1, 0.15) is 0 Å². The average molecular weight is 308 g/mol. The van der Waals surface area contributed by atoms with E-state index < -0.39 is 0 Å². The molecule has 2 nitrogen and oxygen atoms in total. The summed E-state index contributed by atoms with van der Waals surface area (Å²) in [5.41, 5.74) is 0.804. The summed E-state index contributed by atoms with van der Waals surface area (Å²) >= 11 is 3.48. The van der Waals surface area contributed by atoms with E-state index >= 15 is 0 Å². The number of benzene rings is 1. The molecule has 18 heavy (non-hydrogen) atoms. The van der Waals surface area contributed by atoms with E-state index in [1.165, 1.54) is 25.7 Å². The molecule has 0 spiro atoms. The van der Waals surface area contributed by atoms with E-state index in [0.717, 1.165) is 35.0 Å². The topological polar surface area (TPSA) is 20.3 Å². The fourth-order valence-corrected chi connectivity index (χ4v) is 2.72. The highest BCUT2D eigenvalue weighted by Crippen LogP contribution is 2.34. The highest BCUT2D eigenvalue weighted by molar-refractivity contribution is 9.10. The third kappa shape index (κ3) is 2.94. The van der Waals surface area contributed by atoms with E-state index in [9.17, 15) is 4.79 Å². The van der Waals surface area contributed by atoms with E-state index in [0.29, 0.717) is 0 Å². The van der Waals surface area contributed by atoms with Crippen molar-refractivity contribution in [3.63, 3.8) is 0 Å². The van der Waals surface area contributed by atoms with Crippen LogP contribution < -0.4 is 0 Å². The fourth-order valence-electron chi connectivity index (χ4n) is 2.27. The first-order valence-electron chi connectivity index (χ1n) is 6.78. The van der Waals surface area contributed by atoms with Crippen molar-refractivity contribution in [2.24, 2.45) is 11.8 Å². The Labute approximate surface area is 116 Å². The van der Waals surface area contributed by atoms with E-state index in [-0.39, 0.29) is 5.91 Å². The number of halogens is 1. The summed E-state index contributed by atoms with van der Waals surface area (Å²) in [6.45, 7) is 1.91. The molecule has 3 heteroatoms. The molecule has 0 saturated heterocycles. The van der Waals surface area contributed by atoms with Crippen LogP contribution in [0.15, 0.2) is 28.7 Å². The molecule has 1 aromatic rings. The van der Waals surface area contributed by atoms with E-state index in [4.69, 9.17) is 0 Å². The van der Waals surface area contributed by atoms with Gasteiger partial charge in [-0.15, -0.1) is 0 Å². The van der Waals surface area contributed by atoms with Crippen LogP contribution in [0.5, 0.6) is 0 Å². The molecule has 96 valence electrons. The smallest absolute Gasteiger partial charge is 0.255 e. The number of carbonyl (C=O) groups is 1. The normalized spacial score (nSPS) is 18.7. The molecule has 0 unspecified atom stereocenters. The van der Waals surface area contributed by atoms with Gasteiger partial charge in [0.05, 0.1) is 5.56 Å². The number of rotatable bonds is 5. The summed E-state index contributed by atoms with van der Waals surface area (Å²) in [7, 11) is 0. The Morgan fingerprint density at radius 1 is 1.11 bits per heavy atom. The lowest BCUT2D eigenvalue weighted by atomic mass is 10.2. The third-order valence-corrected chi connectivity index (χ3v) is 4.43. The van der Waals surface area contributed by atoms with Crippen LogP contribution in [0.2, 0.25) is 0 Å². The van der Waals surface area contributed by atoms with Crippen molar-refractivity contribution in [2.75, 3.05) is 13.1 Å². The van der Waals surface area contributed by atoms with Crippen LogP contribution in [0, 0.1) is 11.8 Å². The molecule has 0 heterocycles. The van der Waals surface area contributed by atoms with E-state index in [1.54, 1.807) is 0 Å². The second kappa shape index (κ2) is 5.04. The van der Waals surface area contributed by atoms with Gasteiger partial charge in [-0.25, -0.2) is 0 Å². The first-order chi connectivity index (χ1) is 8.74. The Kier molecular flexibility index (Phi) is 3.42. The van der Waals surface area contributed by atoms with E-state index in [1.807, 2.05) is 24.3 Å². The Morgan fingerprint density at radius 2 is 1.67 bits per heavy atom. The van der Waals surface area contributed by atoms with Crippen LogP contribution in [0.4, 0.5) is 0 Å². The largest absolute Gasteiger partial charge is 0.338 e. The fraction of sp³-hybridized carbons (Fsp3) is 0.533. The number of carbonyl (C=O) groups excluding carboxylic acids is 1. The van der Waals surface area contributed by atoms with Gasteiger partial charge in [0.25, 0.3) is 5.91 Å². The van der Waals surface area contributed by atoms with Gasteiger partial charge in [0.15, 0.2) is 0 Å². The predicted octanol–water partition coefficient (Wildman–Crippen LogP) is 3.71. The minimum atomic E-state index is 0.196. The molecule has 0 radical (unpaired) electrons. The second-order valence-electron chi connectivity index (χ2n) is 5.58.